The van der Waals surface area contributed by atoms with E-state index in [1.165, 1.54) is 19.2 Å². The van der Waals surface area contributed by atoms with E-state index in [2.05, 4.69) is 36.2 Å². The second kappa shape index (κ2) is 8.73. The number of ether oxygens (including phenoxy) is 2. The summed E-state index contributed by atoms with van der Waals surface area (Å²) in [5.74, 6) is 2.20. The number of hydrogen-bond donors (Lipinski definition) is 1. The van der Waals surface area contributed by atoms with E-state index in [4.69, 9.17) is 9.47 Å². The summed E-state index contributed by atoms with van der Waals surface area (Å²) in [4.78, 5) is 17.6. The van der Waals surface area contributed by atoms with E-state index in [-0.39, 0.29) is 17.2 Å². The van der Waals surface area contributed by atoms with Crippen molar-refractivity contribution in [1.29, 1.82) is 0 Å². The zero-order valence-corrected chi connectivity index (χ0v) is 18.9. The van der Waals surface area contributed by atoms with Gasteiger partial charge in [0.25, 0.3) is 0 Å². The number of methoxy groups -OCH3 is 1. The molecule has 0 fully saturated rings. The van der Waals surface area contributed by atoms with E-state index in [0.717, 1.165) is 41.8 Å². The Bertz CT molecular complexity index is 992. The Morgan fingerprint density at radius 1 is 1.19 bits per heavy atom. The van der Waals surface area contributed by atoms with E-state index in [1.54, 1.807) is 11.8 Å². The van der Waals surface area contributed by atoms with Gasteiger partial charge in [-0.1, -0.05) is 46.1 Å². The van der Waals surface area contributed by atoms with Crippen LogP contribution in [0.3, 0.4) is 0 Å². The standard InChI is InChI=1S/C24H32N4O3/c1-5-6-7-8-11-31-19-10-9-16(12-20(19)30-4)22-21-17(13-24(2,3)14-18(21)29)27-23-25-15-26-28(22)23/h9-10,12,15,22H,5-8,11,13-14H2,1-4H3,(H,25,26,27)/t22-/m0/s1. The Labute approximate surface area is 183 Å². The van der Waals surface area contributed by atoms with Gasteiger partial charge in [-0.05, 0) is 36.0 Å². The van der Waals surface area contributed by atoms with Crippen molar-refractivity contribution in [3.8, 4) is 11.5 Å². The van der Waals surface area contributed by atoms with Gasteiger partial charge in [-0.2, -0.15) is 10.1 Å². The third-order valence-corrected chi connectivity index (χ3v) is 6.03. The van der Waals surface area contributed by atoms with Gasteiger partial charge in [0.1, 0.15) is 12.4 Å². The Hall–Kier alpha value is -2.83. The zero-order valence-electron chi connectivity index (χ0n) is 18.9. The highest BCUT2D eigenvalue weighted by atomic mass is 16.5. The topological polar surface area (TPSA) is 78.3 Å². The Morgan fingerprint density at radius 2 is 2.03 bits per heavy atom. The summed E-state index contributed by atoms with van der Waals surface area (Å²) in [6, 6.07) is 5.57. The molecular weight excluding hydrogens is 392 g/mol. The second-order valence-corrected chi connectivity index (χ2v) is 9.21. The van der Waals surface area contributed by atoms with Gasteiger partial charge in [0.15, 0.2) is 17.3 Å². The predicted molar refractivity (Wildman–Crippen MR) is 119 cm³/mol. The first-order valence-corrected chi connectivity index (χ1v) is 11.2. The van der Waals surface area contributed by atoms with Crippen molar-refractivity contribution in [3.05, 3.63) is 41.4 Å². The fourth-order valence-corrected chi connectivity index (χ4v) is 4.54. The van der Waals surface area contributed by atoms with Gasteiger partial charge >= 0.3 is 0 Å². The van der Waals surface area contributed by atoms with Crippen molar-refractivity contribution < 1.29 is 14.3 Å². The summed E-state index contributed by atoms with van der Waals surface area (Å²) < 4.78 is 13.4. The molecule has 31 heavy (non-hydrogen) atoms. The van der Waals surface area contributed by atoms with Crippen molar-refractivity contribution >= 4 is 11.7 Å². The van der Waals surface area contributed by atoms with E-state index < -0.39 is 0 Å². The molecule has 1 N–H and O–H groups in total. The van der Waals surface area contributed by atoms with E-state index in [1.807, 2.05) is 18.2 Å². The molecule has 0 unspecified atom stereocenters. The molecule has 0 amide bonds. The number of unbranched alkanes of at least 4 members (excludes halogenated alkanes) is 3. The molecule has 7 nitrogen and oxygen atoms in total. The number of fused-ring (bicyclic) bond motifs is 1. The SMILES string of the molecule is CCCCCCOc1ccc([C@H]2C3=C(CC(C)(C)CC3=O)Nc3ncnn32)cc1OC. The third kappa shape index (κ3) is 4.31. The van der Waals surface area contributed by atoms with Crippen LogP contribution >= 0.6 is 0 Å². The first kappa shape index (κ1) is 21.4. The van der Waals surface area contributed by atoms with Crippen molar-refractivity contribution in [2.24, 2.45) is 5.41 Å². The maximum absolute atomic E-state index is 13.2. The lowest BCUT2D eigenvalue weighted by Crippen LogP contribution is -2.36. The number of nitrogens with zero attached hydrogens (tertiary/aromatic N) is 3. The number of rotatable bonds is 8. The highest BCUT2D eigenvalue weighted by Gasteiger charge is 2.41. The summed E-state index contributed by atoms with van der Waals surface area (Å²) in [5.41, 5.74) is 2.57. The number of anilines is 1. The molecule has 1 aromatic heterocycles. The molecule has 1 aliphatic carbocycles. The summed E-state index contributed by atoms with van der Waals surface area (Å²) in [5, 5.41) is 7.76. The maximum Gasteiger partial charge on any atom is 0.226 e. The minimum absolute atomic E-state index is 0.0805. The number of ketones is 1. The van der Waals surface area contributed by atoms with Crippen LogP contribution in [0.2, 0.25) is 0 Å². The van der Waals surface area contributed by atoms with Crippen LogP contribution in [0.15, 0.2) is 35.8 Å². The van der Waals surface area contributed by atoms with Crippen LogP contribution in [-0.2, 0) is 4.79 Å². The highest BCUT2D eigenvalue weighted by molar-refractivity contribution is 6.00. The molecule has 4 rings (SSSR count). The minimum Gasteiger partial charge on any atom is -0.493 e. The molecule has 0 spiro atoms. The number of benzene rings is 1. The van der Waals surface area contributed by atoms with E-state index >= 15 is 0 Å². The number of Topliss-reactive ketones (excluding diaryl/α,β-unsaturated/α-hetero) is 1. The average Bonchev–Trinajstić information content (AvgIpc) is 3.19. The Balaban J connectivity index is 1.66. The Morgan fingerprint density at radius 3 is 2.81 bits per heavy atom. The number of nitrogens with one attached hydrogen (secondary N) is 1. The van der Waals surface area contributed by atoms with E-state index in [9.17, 15) is 4.79 Å². The molecule has 2 heterocycles. The lowest BCUT2D eigenvalue weighted by Gasteiger charge is -2.38. The molecule has 1 aromatic carbocycles. The number of hydrogen-bond acceptors (Lipinski definition) is 6. The van der Waals surface area contributed by atoms with Crippen molar-refractivity contribution in [1.82, 2.24) is 14.8 Å². The van der Waals surface area contributed by atoms with Gasteiger partial charge in [0.2, 0.25) is 5.95 Å². The minimum atomic E-state index is -0.329. The molecular formula is C24H32N4O3. The van der Waals surface area contributed by atoms with Crippen molar-refractivity contribution in [3.63, 3.8) is 0 Å². The van der Waals surface area contributed by atoms with Crippen molar-refractivity contribution in [2.45, 2.75) is 65.3 Å². The molecule has 1 atom stereocenters. The molecule has 1 aliphatic heterocycles. The molecule has 0 saturated heterocycles. The van der Waals surface area contributed by atoms with Crippen LogP contribution < -0.4 is 14.8 Å². The third-order valence-electron chi connectivity index (χ3n) is 6.03. The molecule has 166 valence electrons. The lowest BCUT2D eigenvalue weighted by molar-refractivity contribution is -0.118. The molecule has 0 radical (unpaired) electrons. The van der Waals surface area contributed by atoms with Gasteiger partial charge in [-0.15, -0.1) is 0 Å². The van der Waals surface area contributed by atoms with Crippen molar-refractivity contribution in [2.75, 3.05) is 19.0 Å². The summed E-state index contributed by atoms with van der Waals surface area (Å²) in [6.07, 6.45) is 7.45. The van der Waals surface area contributed by atoms with Gasteiger partial charge in [-0.3, -0.25) is 4.79 Å². The normalized spacial score (nSPS) is 19.5. The zero-order chi connectivity index (χ0) is 22.0. The molecule has 0 bridgehead atoms. The summed E-state index contributed by atoms with van der Waals surface area (Å²) in [7, 11) is 1.64. The summed E-state index contributed by atoms with van der Waals surface area (Å²) in [6.45, 7) is 7.11. The number of allylic oxidation sites excluding steroid dienone is 2. The monoisotopic (exact) mass is 424 g/mol. The molecule has 2 aromatic rings. The predicted octanol–water partition coefficient (Wildman–Crippen LogP) is 4.90. The van der Waals surface area contributed by atoms with Gasteiger partial charge < -0.3 is 14.8 Å². The highest BCUT2D eigenvalue weighted by Crippen LogP contribution is 2.46. The van der Waals surface area contributed by atoms with E-state index in [0.29, 0.717) is 24.7 Å². The van der Waals surface area contributed by atoms with Crippen LogP contribution in [0.5, 0.6) is 11.5 Å². The van der Waals surface area contributed by atoms with Gasteiger partial charge in [0.05, 0.1) is 13.7 Å². The van der Waals surface area contributed by atoms with Crippen LogP contribution in [0.25, 0.3) is 0 Å². The maximum atomic E-state index is 13.2. The average molecular weight is 425 g/mol. The van der Waals surface area contributed by atoms with Crippen LogP contribution in [-0.4, -0.2) is 34.3 Å². The van der Waals surface area contributed by atoms with Crippen LogP contribution in [0, 0.1) is 5.41 Å². The van der Waals surface area contributed by atoms with Gasteiger partial charge in [0, 0.05) is 17.7 Å². The molecule has 7 heteroatoms. The quantitative estimate of drug-likeness (QED) is 0.607. The lowest BCUT2D eigenvalue weighted by atomic mass is 9.73. The van der Waals surface area contributed by atoms with Gasteiger partial charge in [-0.25, -0.2) is 4.68 Å². The number of carbonyl (C=O) groups excluding carboxylic acids is 1. The first-order chi connectivity index (χ1) is 14.9. The largest absolute Gasteiger partial charge is 0.493 e. The number of carbonyl (C=O) groups is 1. The smallest absolute Gasteiger partial charge is 0.226 e. The first-order valence-electron chi connectivity index (χ1n) is 11.2. The second-order valence-electron chi connectivity index (χ2n) is 9.21. The number of aromatic nitrogens is 3. The van der Waals surface area contributed by atoms with Crippen LogP contribution in [0.4, 0.5) is 5.95 Å². The molecule has 2 aliphatic rings. The molecule has 0 saturated carbocycles. The summed E-state index contributed by atoms with van der Waals surface area (Å²) >= 11 is 0. The fraction of sp³-hybridized carbons (Fsp3) is 0.542. The Kier molecular flexibility index (Phi) is 6.03. The van der Waals surface area contributed by atoms with Crippen LogP contribution in [0.1, 0.15) is 70.9 Å². The fourth-order valence-electron chi connectivity index (χ4n) is 4.54.